The minimum atomic E-state index is -1.21. The normalized spacial score (nSPS) is 10.2. The van der Waals surface area contributed by atoms with E-state index in [9.17, 15) is 9.90 Å². The molecule has 0 saturated heterocycles. The van der Waals surface area contributed by atoms with Gasteiger partial charge in [-0.25, -0.2) is 4.98 Å². The van der Waals surface area contributed by atoms with Gasteiger partial charge in [0.15, 0.2) is 0 Å². The molecule has 0 atom stereocenters. The summed E-state index contributed by atoms with van der Waals surface area (Å²) < 4.78 is 10.6. The third kappa shape index (κ3) is 3.23. The number of methoxy groups -OCH3 is 1. The second kappa shape index (κ2) is 5.71. The Morgan fingerprint density at radius 2 is 2.16 bits per heavy atom. The Kier molecular flexibility index (Phi) is 4.01. The van der Waals surface area contributed by atoms with Crippen LogP contribution in [0.1, 0.15) is 20.4 Å². The third-order valence-electron chi connectivity index (χ3n) is 2.43. The van der Waals surface area contributed by atoms with E-state index in [4.69, 9.17) is 9.47 Å². The van der Waals surface area contributed by atoms with Crippen LogP contribution >= 0.6 is 11.3 Å². The number of benzene rings is 1. The Morgan fingerprint density at radius 1 is 1.42 bits per heavy atom. The van der Waals surface area contributed by atoms with E-state index in [2.05, 4.69) is 4.98 Å². The van der Waals surface area contributed by atoms with E-state index in [-0.39, 0.29) is 11.5 Å². The highest BCUT2D eigenvalue weighted by atomic mass is 32.1. The van der Waals surface area contributed by atoms with E-state index in [0.29, 0.717) is 22.2 Å². The maximum atomic E-state index is 10.8. The van der Waals surface area contributed by atoms with Crippen LogP contribution in [-0.2, 0) is 6.61 Å². The molecule has 1 heterocycles. The van der Waals surface area contributed by atoms with Crippen LogP contribution < -0.4 is 14.6 Å². The minimum Gasteiger partial charge on any atom is -0.544 e. The van der Waals surface area contributed by atoms with Crippen molar-refractivity contribution < 1.29 is 19.4 Å². The summed E-state index contributed by atoms with van der Waals surface area (Å²) >= 11 is 1.07. The smallest absolute Gasteiger partial charge is 0.140 e. The first-order valence-electron chi connectivity index (χ1n) is 5.54. The molecular formula is C13H12NO4S-. The van der Waals surface area contributed by atoms with Crippen LogP contribution in [0.15, 0.2) is 24.3 Å². The molecule has 1 aromatic heterocycles. The molecule has 2 aromatic rings. The Balaban J connectivity index is 2.06. The Morgan fingerprint density at radius 3 is 2.79 bits per heavy atom. The molecule has 0 radical (unpaired) electrons. The summed E-state index contributed by atoms with van der Waals surface area (Å²) in [5.74, 6) is 0.132. The Bertz CT molecular complexity index is 594. The number of rotatable bonds is 5. The number of aromatic carboxylic acids is 1. The van der Waals surface area contributed by atoms with Gasteiger partial charge in [0.1, 0.15) is 23.1 Å². The summed E-state index contributed by atoms with van der Waals surface area (Å²) in [6.45, 7) is 1.85. The highest BCUT2D eigenvalue weighted by Gasteiger charge is 2.09. The highest BCUT2D eigenvalue weighted by Crippen LogP contribution is 2.22. The number of carbonyl (C=O) groups excluding carboxylic acids is 1. The maximum Gasteiger partial charge on any atom is 0.140 e. The SMILES string of the molecule is COc1cccc(OCc2nc(C)c(C(=O)[O-])s2)c1. The van der Waals surface area contributed by atoms with Gasteiger partial charge in [0.05, 0.1) is 23.7 Å². The Hall–Kier alpha value is -2.08. The zero-order chi connectivity index (χ0) is 13.8. The second-order valence-electron chi connectivity index (χ2n) is 3.78. The van der Waals surface area contributed by atoms with Crippen LogP contribution in [0.4, 0.5) is 0 Å². The van der Waals surface area contributed by atoms with Crippen molar-refractivity contribution in [2.75, 3.05) is 7.11 Å². The summed E-state index contributed by atoms with van der Waals surface area (Å²) in [5, 5.41) is 11.4. The summed E-state index contributed by atoms with van der Waals surface area (Å²) in [4.78, 5) is 15.1. The lowest BCUT2D eigenvalue weighted by Gasteiger charge is -2.05. The van der Waals surface area contributed by atoms with Gasteiger partial charge < -0.3 is 19.4 Å². The van der Waals surface area contributed by atoms with E-state index in [1.54, 1.807) is 26.2 Å². The highest BCUT2D eigenvalue weighted by molar-refractivity contribution is 7.13. The van der Waals surface area contributed by atoms with Gasteiger partial charge in [-0.05, 0) is 19.1 Å². The van der Waals surface area contributed by atoms with Gasteiger partial charge in [-0.2, -0.15) is 0 Å². The number of hydrogen-bond acceptors (Lipinski definition) is 6. The van der Waals surface area contributed by atoms with E-state index in [1.807, 2.05) is 12.1 Å². The van der Waals surface area contributed by atoms with Gasteiger partial charge in [0, 0.05) is 6.07 Å². The third-order valence-corrected chi connectivity index (χ3v) is 3.54. The monoisotopic (exact) mass is 278 g/mol. The fourth-order valence-electron chi connectivity index (χ4n) is 1.54. The number of hydrogen-bond donors (Lipinski definition) is 0. The Labute approximate surface area is 114 Å². The van der Waals surface area contributed by atoms with Crippen molar-refractivity contribution in [2.45, 2.75) is 13.5 Å². The van der Waals surface area contributed by atoms with Gasteiger partial charge in [-0.15, -0.1) is 11.3 Å². The van der Waals surface area contributed by atoms with Crippen LogP contribution in [0, 0.1) is 6.92 Å². The molecule has 5 nitrogen and oxygen atoms in total. The maximum absolute atomic E-state index is 10.8. The van der Waals surface area contributed by atoms with Crippen LogP contribution in [0.2, 0.25) is 0 Å². The molecule has 0 saturated carbocycles. The van der Waals surface area contributed by atoms with Gasteiger partial charge in [0.25, 0.3) is 0 Å². The predicted molar refractivity (Wildman–Crippen MR) is 68.5 cm³/mol. The quantitative estimate of drug-likeness (QED) is 0.826. The van der Waals surface area contributed by atoms with Gasteiger partial charge in [-0.1, -0.05) is 6.07 Å². The number of thiazole rings is 1. The minimum absolute atomic E-state index is 0.143. The molecule has 0 aliphatic heterocycles. The van der Waals surface area contributed by atoms with Crippen molar-refractivity contribution in [3.63, 3.8) is 0 Å². The van der Waals surface area contributed by atoms with Crippen LogP contribution in [-0.4, -0.2) is 18.1 Å². The van der Waals surface area contributed by atoms with E-state index >= 15 is 0 Å². The number of carboxylic acid groups (broad SMARTS) is 1. The topological polar surface area (TPSA) is 71.5 Å². The standard InChI is InChI=1S/C13H13NO4S/c1-8-12(13(15)16)19-11(14-8)7-18-10-5-3-4-9(6-10)17-2/h3-6H,7H2,1-2H3,(H,15,16)/p-1. The molecule has 2 rings (SSSR count). The molecule has 0 amide bonds. The zero-order valence-electron chi connectivity index (χ0n) is 10.5. The summed E-state index contributed by atoms with van der Waals surface area (Å²) in [7, 11) is 1.58. The van der Waals surface area contributed by atoms with E-state index in [0.717, 1.165) is 11.3 Å². The second-order valence-corrected chi connectivity index (χ2v) is 4.86. The first-order chi connectivity index (χ1) is 9.10. The first-order valence-corrected chi connectivity index (χ1v) is 6.36. The zero-order valence-corrected chi connectivity index (χ0v) is 11.3. The summed E-state index contributed by atoms with van der Waals surface area (Å²) in [6, 6.07) is 7.17. The predicted octanol–water partition coefficient (Wildman–Crippen LogP) is 1.40. The number of carboxylic acids is 1. The molecule has 100 valence electrons. The van der Waals surface area contributed by atoms with Crippen LogP contribution in [0.5, 0.6) is 11.5 Å². The lowest BCUT2D eigenvalue weighted by Crippen LogP contribution is -2.21. The fraction of sp³-hybridized carbons (Fsp3) is 0.231. The molecule has 6 heteroatoms. The van der Waals surface area contributed by atoms with E-state index in [1.165, 1.54) is 0 Å². The van der Waals surface area contributed by atoms with Gasteiger partial charge in [-0.3, -0.25) is 0 Å². The van der Waals surface area contributed by atoms with Crippen LogP contribution in [0.3, 0.4) is 0 Å². The average Bonchev–Trinajstić information content (AvgIpc) is 2.78. The van der Waals surface area contributed by atoms with Gasteiger partial charge in [0.2, 0.25) is 0 Å². The molecule has 0 aliphatic carbocycles. The summed E-state index contributed by atoms with van der Waals surface area (Å²) in [5.41, 5.74) is 0.453. The van der Waals surface area contributed by atoms with Crippen molar-refractivity contribution in [1.82, 2.24) is 4.98 Å². The molecule has 0 unspecified atom stereocenters. The molecule has 0 fully saturated rings. The number of ether oxygens (including phenoxy) is 2. The van der Waals surface area contributed by atoms with Gasteiger partial charge >= 0.3 is 0 Å². The van der Waals surface area contributed by atoms with Crippen molar-refractivity contribution in [2.24, 2.45) is 0 Å². The molecule has 19 heavy (non-hydrogen) atoms. The first kappa shape index (κ1) is 13.4. The largest absolute Gasteiger partial charge is 0.544 e. The fourth-order valence-corrected chi connectivity index (χ4v) is 2.35. The molecule has 0 aliphatic rings. The van der Waals surface area contributed by atoms with Crippen molar-refractivity contribution >= 4 is 17.3 Å². The van der Waals surface area contributed by atoms with E-state index < -0.39 is 5.97 Å². The summed E-state index contributed by atoms with van der Waals surface area (Å²) in [6.07, 6.45) is 0. The number of aromatic nitrogens is 1. The average molecular weight is 278 g/mol. The number of aryl methyl sites for hydroxylation is 1. The van der Waals surface area contributed by atoms with Crippen molar-refractivity contribution in [3.05, 3.63) is 39.8 Å². The van der Waals surface area contributed by atoms with Crippen molar-refractivity contribution in [1.29, 1.82) is 0 Å². The molecule has 0 N–H and O–H groups in total. The molecule has 0 bridgehead atoms. The molecular weight excluding hydrogens is 266 g/mol. The van der Waals surface area contributed by atoms with Crippen molar-refractivity contribution in [3.8, 4) is 11.5 Å². The number of nitrogens with zero attached hydrogens (tertiary/aromatic N) is 1. The number of carbonyl (C=O) groups is 1. The molecule has 1 aromatic carbocycles. The van der Waals surface area contributed by atoms with Crippen LogP contribution in [0.25, 0.3) is 0 Å². The lowest BCUT2D eigenvalue weighted by atomic mass is 10.3. The lowest BCUT2D eigenvalue weighted by molar-refractivity contribution is -0.254. The molecule has 0 spiro atoms.